The summed E-state index contributed by atoms with van der Waals surface area (Å²) >= 11 is 0. The monoisotopic (exact) mass is 359 g/mol. The number of aromatic nitrogens is 2. The molecule has 2 aromatic carbocycles. The molecule has 2 aromatic heterocycles. The second-order valence-corrected chi connectivity index (χ2v) is 7.82. The van der Waals surface area contributed by atoms with E-state index in [1.807, 2.05) is 12.4 Å². The Morgan fingerprint density at radius 2 is 2.00 bits per heavy atom. The van der Waals surface area contributed by atoms with Crippen molar-refractivity contribution in [1.29, 1.82) is 0 Å². The van der Waals surface area contributed by atoms with Gasteiger partial charge in [0.25, 0.3) is 0 Å². The van der Waals surface area contributed by atoms with Crippen LogP contribution in [0.2, 0.25) is 0 Å². The van der Waals surface area contributed by atoms with Crippen LogP contribution in [0.25, 0.3) is 32.6 Å². The highest BCUT2D eigenvalue weighted by Crippen LogP contribution is 2.36. The van der Waals surface area contributed by atoms with Crippen molar-refractivity contribution in [3.63, 3.8) is 0 Å². The fourth-order valence-electron chi connectivity index (χ4n) is 4.67. The molecule has 0 spiro atoms. The zero-order chi connectivity index (χ0) is 18.5. The third kappa shape index (κ3) is 2.59. The van der Waals surface area contributed by atoms with Crippen LogP contribution in [-0.4, -0.2) is 40.7 Å². The molecule has 0 aliphatic carbocycles. The number of nitrogens with zero attached hydrogens (tertiary/aromatic N) is 3. The van der Waals surface area contributed by atoms with Crippen molar-refractivity contribution in [3.8, 4) is 5.75 Å². The molecule has 0 radical (unpaired) electrons. The van der Waals surface area contributed by atoms with Gasteiger partial charge in [-0.1, -0.05) is 0 Å². The predicted molar refractivity (Wildman–Crippen MR) is 112 cm³/mol. The van der Waals surface area contributed by atoms with Crippen molar-refractivity contribution in [3.05, 3.63) is 48.3 Å². The van der Waals surface area contributed by atoms with Gasteiger partial charge in [-0.15, -0.1) is 0 Å². The van der Waals surface area contributed by atoms with Crippen LogP contribution in [0.15, 0.2) is 42.7 Å². The van der Waals surface area contributed by atoms with E-state index in [1.165, 1.54) is 57.5 Å². The summed E-state index contributed by atoms with van der Waals surface area (Å²) in [4.78, 5) is 6.71. The van der Waals surface area contributed by atoms with E-state index in [2.05, 4.69) is 65.8 Å². The number of benzene rings is 2. The summed E-state index contributed by atoms with van der Waals surface area (Å²) in [6.45, 7) is 4.15. The van der Waals surface area contributed by atoms with E-state index in [1.54, 1.807) is 0 Å². The fraction of sp³-hybridized carbons (Fsp3) is 0.348. The van der Waals surface area contributed by atoms with E-state index in [0.717, 1.165) is 12.4 Å². The highest BCUT2D eigenvalue weighted by atomic mass is 16.5. The first-order valence-electron chi connectivity index (χ1n) is 9.72. The fourth-order valence-corrected chi connectivity index (χ4v) is 4.67. The average molecular weight is 359 g/mol. The van der Waals surface area contributed by atoms with E-state index < -0.39 is 0 Å². The van der Waals surface area contributed by atoms with Gasteiger partial charge in [0, 0.05) is 47.2 Å². The first-order valence-corrected chi connectivity index (χ1v) is 9.72. The van der Waals surface area contributed by atoms with Crippen LogP contribution in [0.5, 0.6) is 5.75 Å². The first kappa shape index (κ1) is 16.6. The molecule has 3 heterocycles. The molecule has 1 aliphatic rings. The molecule has 0 bridgehead atoms. The van der Waals surface area contributed by atoms with Gasteiger partial charge < -0.3 is 14.2 Å². The molecule has 5 rings (SSSR count). The number of hydrogen-bond acceptors (Lipinski definition) is 3. The maximum Gasteiger partial charge on any atom is 0.120 e. The Labute approximate surface area is 159 Å². The number of rotatable bonds is 3. The normalized spacial score (nSPS) is 18.1. The molecule has 4 aromatic rings. The van der Waals surface area contributed by atoms with Crippen LogP contribution in [0.1, 0.15) is 18.4 Å². The Hall–Kier alpha value is -2.59. The molecule has 1 atom stereocenters. The zero-order valence-corrected chi connectivity index (χ0v) is 16.2. The SMILES string of the molecule is Cc1c2ccncc2cc2c3cc(OC[C@@H]4CCCN4C)ccc3n(C)c12. The number of aryl methyl sites for hydroxylation is 2. The van der Waals surface area contributed by atoms with Gasteiger partial charge in [-0.25, -0.2) is 0 Å². The average Bonchev–Trinajstić information content (AvgIpc) is 3.21. The minimum Gasteiger partial charge on any atom is -0.492 e. The van der Waals surface area contributed by atoms with Gasteiger partial charge in [-0.05, 0) is 74.6 Å². The molecule has 4 heteroatoms. The standard InChI is InChI=1S/C23H25N3O/c1-15-19-8-9-24-13-16(19)11-21-20-12-18(6-7-22(20)26(3)23(15)21)27-14-17-5-4-10-25(17)2/h6-9,11-13,17H,4-5,10,14H2,1-3H3/t17-/m0/s1. The van der Waals surface area contributed by atoms with Gasteiger partial charge in [0.05, 0.1) is 5.52 Å². The smallest absolute Gasteiger partial charge is 0.120 e. The number of hydrogen-bond donors (Lipinski definition) is 0. The lowest BCUT2D eigenvalue weighted by Crippen LogP contribution is -2.30. The minimum atomic E-state index is 0.533. The van der Waals surface area contributed by atoms with Crippen LogP contribution in [0.4, 0.5) is 0 Å². The molecule has 138 valence electrons. The Kier molecular flexibility index (Phi) is 3.83. The van der Waals surface area contributed by atoms with Crippen LogP contribution in [0, 0.1) is 6.92 Å². The lowest BCUT2D eigenvalue weighted by atomic mass is 10.0. The lowest BCUT2D eigenvalue weighted by Gasteiger charge is -2.19. The van der Waals surface area contributed by atoms with Crippen molar-refractivity contribution in [2.45, 2.75) is 25.8 Å². The summed E-state index contributed by atoms with van der Waals surface area (Å²) < 4.78 is 8.48. The maximum atomic E-state index is 6.18. The molecule has 27 heavy (non-hydrogen) atoms. The largest absolute Gasteiger partial charge is 0.492 e. The molecule has 0 amide bonds. The quantitative estimate of drug-likeness (QED) is 0.533. The second-order valence-electron chi connectivity index (χ2n) is 7.82. The van der Waals surface area contributed by atoms with Gasteiger partial charge in [0.1, 0.15) is 12.4 Å². The number of likely N-dealkylation sites (N-methyl/N-ethyl adjacent to an activating group) is 1. The Morgan fingerprint density at radius 3 is 2.81 bits per heavy atom. The first-order chi connectivity index (χ1) is 13.1. The lowest BCUT2D eigenvalue weighted by molar-refractivity contribution is 0.198. The summed E-state index contributed by atoms with van der Waals surface area (Å²) in [6.07, 6.45) is 6.32. The zero-order valence-electron chi connectivity index (χ0n) is 16.2. The van der Waals surface area contributed by atoms with Crippen molar-refractivity contribution < 1.29 is 4.74 Å². The third-order valence-electron chi connectivity index (χ3n) is 6.23. The molecule has 0 unspecified atom stereocenters. The number of fused-ring (bicyclic) bond motifs is 4. The van der Waals surface area contributed by atoms with Gasteiger partial charge in [-0.3, -0.25) is 4.98 Å². The molecular weight excluding hydrogens is 334 g/mol. The van der Waals surface area contributed by atoms with Crippen molar-refractivity contribution in [2.24, 2.45) is 7.05 Å². The maximum absolute atomic E-state index is 6.18. The van der Waals surface area contributed by atoms with Gasteiger partial charge in [-0.2, -0.15) is 0 Å². The van der Waals surface area contributed by atoms with Gasteiger partial charge >= 0.3 is 0 Å². The Bertz CT molecular complexity index is 1160. The highest BCUT2D eigenvalue weighted by Gasteiger charge is 2.21. The van der Waals surface area contributed by atoms with Crippen LogP contribution in [0.3, 0.4) is 0 Å². The minimum absolute atomic E-state index is 0.533. The summed E-state index contributed by atoms with van der Waals surface area (Å²) in [7, 11) is 4.34. The second kappa shape index (κ2) is 6.24. The van der Waals surface area contributed by atoms with E-state index in [-0.39, 0.29) is 0 Å². The van der Waals surface area contributed by atoms with Crippen molar-refractivity contribution in [2.75, 3.05) is 20.2 Å². The van der Waals surface area contributed by atoms with E-state index in [4.69, 9.17) is 4.74 Å². The van der Waals surface area contributed by atoms with Gasteiger partial charge in [0.15, 0.2) is 0 Å². The number of likely N-dealkylation sites (tertiary alicyclic amines) is 1. The molecule has 4 nitrogen and oxygen atoms in total. The Balaban J connectivity index is 1.62. The third-order valence-corrected chi connectivity index (χ3v) is 6.23. The van der Waals surface area contributed by atoms with Crippen LogP contribution < -0.4 is 4.74 Å². The Morgan fingerprint density at radius 1 is 1.11 bits per heavy atom. The molecule has 1 aliphatic heterocycles. The molecule has 0 N–H and O–H groups in total. The molecule has 1 saturated heterocycles. The topological polar surface area (TPSA) is 30.3 Å². The van der Waals surface area contributed by atoms with E-state index in [0.29, 0.717) is 6.04 Å². The van der Waals surface area contributed by atoms with Crippen molar-refractivity contribution in [1.82, 2.24) is 14.5 Å². The summed E-state index contributed by atoms with van der Waals surface area (Å²) in [6, 6.07) is 11.4. The number of pyridine rings is 1. The molecule has 1 fully saturated rings. The van der Waals surface area contributed by atoms with E-state index in [9.17, 15) is 0 Å². The molecular formula is C23H25N3O. The predicted octanol–water partition coefficient (Wildman–Crippen LogP) is 4.66. The summed E-state index contributed by atoms with van der Waals surface area (Å²) in [5.74, 6) is 0.958. The van der Waals surface area contributed by atoms with Crippen molar-refractivity contribution >= 4 is 32.6 Å². The molecule has 0 saturated carbocycles. The van der Waals surface area contributed by atoms with Crippen LogP contribution >= 0.6 is 0 Å². The summed E-state index contributed by atoms with van der Waals surface area (Å²) in [5, 5.41) is 4.98. The van der Waals surface area contributed by atoms with E-state index >= 15 is 0 Å². The number of ether oxygens (including phenoxy) is 1. The van der Waals surface area contributed by atoms with Crippen LogP contribution in [-0.2, 0) is 7.05 Å². The summed E-state index contributed by atoms with van der Waals surface area (Å²) in [5.41, 5.74) is 3.83. The highest BCUT2D eigenvalue weighted by molar-refractivity contribution is 6.14. The van der Waals surface area contributed by atoms with Gasteiger partial charge in [0.2, 0.25) is 0 Å².